The van der Waals surface area contributed by atoms with Crippen LogP contribution in [0, 0.1) is 5.92 Å². The van der Waals surface area contributed by atoms with E-state index in [2.05, 4.69) is 5.32 Å². The summed E-state index contributed by atoms with van der Waals surface area (Å²) in [6.07, 6.45) is 6.46. The largest absolute Gasteiger partial charge is 0.294 e. The first-order valence-corrected chi connectivity index (χ1v) is 5.79. The summed E-state index contributed by atoms with van der Waals surface area (Å²) in [7, 11) is 0. The first-order chi connectivity index (χ1) is 7.24. The Morgan fingerprint density at radius 1 is 1.07 bits per heavy atom. The predicted octanol–water partition coefficient (Wildman–Crippen LogP) is 0.525. The number of rotatable bonds is 2. The van der Waals surface area contributed by atoms with Crippen LogP contribution in [0.2, 0.25) is 0 Å². The summed E-state index contributed by atoms with van der Waals surface area (Å²) in [6, 6.07) is 0. The molecule has 0 aromatic carbocycles. The Balaban J connectivity index is 1.82. The quantitative estimate of drug-likeness (QED) is 0.676. The summed E-state index contributed by atoms with van der Waals surface area (Å²) in [6.45, 7) is 1.70. The topological polar surface area (TPSA) is 49.4 Å². The summed E-state index contributed by atoms with van der Waals surface area (Å²) in [5.41, 5.74) is 0. The van der Waals surface area contributed by atoms with Gasteiger partial charge in [-0.3, -0.25) is 19.8 Å². The van der Waals surface area contributed by atoms with E-state index in [9.17, 15) is 9.59 Å². The Bertz CT molecular complexity index is 243. The highest BCUT2D eigenvalue weighted by Crippen LogP contribution is 2.24. The van der Waals surface area contributed by atoms with E-state index in [0.29, 0.717) is 19.0 Å². The number of hydrogen-bond acceptors (Lipinski definition) is 3. The highest BCUT2D eigenvalue weighted by Gasteiger charge is 2.25. The molecule has 0 aromatic rings. The average Bonchev–Trinajstić information content (AvgIpc) is 2.17. The summed E-state index contributed by atoms with van der Waals surface area (Å²) < 4.78 is 0. The van der Waals surface area contributed by atoms with Crippen molar-refractivity contribution < 1.29 is 9.59 Å². The van der Waals surface area contributed by atoms with Gasteiger partial charge in [0.05, 0.1) is 13.1 Å². The van der Waals surface area contributed by atoms with Gasteiger partial charge in [-0.25, -0.2) is 0 Å². The zero-order valence-corrected chi connectivity index (χ0v) is 9.00. The molecular weight excluding hydrogens is 192 g/mol. The van der Waals surface area contributed by atoms with Crippen LogP contribution in [0.3, 0.4) is 0 Å². The van der Waals surface area contributed by atoms with E-state index in [4.69, 9.17) is 0 Å². The van der Waals surface area contributed by atoms with E-state index in [0.717, 1.165) is 6.54 Å². The smallest absolute Gasteiger partial charge is 0.240 e. The number of imide groups is 1. The molecule has 2 amide bonds. The minimum absolute atomic E-state index is 0.151. The molecule has 1 N–H and O–H groups in total. The lowest BCUT2D eigenvalue weighted by molar-refractivity contribution is -0.136. The lowest BCUT2D eigenvalue weighted by Crippen LogP contribution is -2.52. The molecule has 84 valence electrons. The van der Waals surface area contributed by atoms with Crippen molar-refractivity contribution in [1.82, 2.24) is 10.2 Å². The molecule has 1 heterocycles. The number of carbonyl (C=O) groups is 2. The second-order valence-corrected chi connectivity index (χ2v) is 4.65. The Kier molecular flexibility index (Phi) is 3.36. The van der Waals surface area contributed by atoms with E-state index in [1.807, 2.05) is 4.90 Å². The molecule has 0 bridgehead atoms. The average molecular weight is 210 g/mol. The highest BCUT2D eigenvalue weighted by atomic mass is 16.2. The standard InChI is InChI=1S/C11H18N2O2/c14-10-7-13(8-11(15)12-10)6-9-4-2-1-3-5-9/h9H,1-8H2,(H,12,14,15). The summed E-state index contributed by atoms with van der Waals surface area (Å²) in [4.78, 5) is 24.3. The van der Waals surface area contributed by atoms with Crippen molar-refractivity contribution in [3.05, 3.63) is 0 Å². The molecular formula is C11H18N2O2. The molecule has 0 spiro atoms. The second kappa shape index (κ2) is 4.75. The lowest BCUT2D eigenvalue weighted by Gasteiger charge is -2.30. The third kappa shape index (κ3) is 3.02. The van der Waals surface area contributed by atoms with Gasteiger partial charge in [0.15, 0.2) is 0 Å². The first kappa shape index (κ1) is 10.6. The van der Waals surface area contributed by atoms with Gasteiger partial charge < -0.3 is 0 Å². The van der Waals surface area contributed by atoms with Crippen LogP contribution in [-0.4, -0.2) is 36.3 Å². The van der Waals surface area contributed by atoms with E-state index >= 15 is 0 Å². The van der Waals surface area contributed by atoms with Gasteiger partial charge in [-0.1, -0.05) is 19.3 Å². The molecule has 1 aliphatic carbocycles. The van der Waals surface area contributed by atoms with Gasteiger partial charge in [0.1, 0.15) is 0 Å². The lowest BCUT2D eigenvalue weighted by atomic mass is 9.89. The molecule has 0 aromatic heterocycles. The Morgan fingerprint density at radius 3 is 2.27 bits per heavy atom. The number of nitrogens with one attached hydrogen (secondary N) is 1. The number of nitrogens with zero attached hydrogens (tertiary/aromatic N) is 1. The molecule has 0 atom stereocenters. The van der Waals surface area contributed by atoms with Crippen LogP contribution in [0.15, 0.2) is 0 Å². The van der Waals surface area contributed by atoms with Gasteiger partial charge in [-0.05, 0) is 18.8 Å². The molecule has 0 unspecified atom stereocenters. The third-order valence-electron chi connectivity index (χ3n) is 3.25. The van der Waals surface area contributed by atoms with Gasteiger partial charge in [0.25, 0.3) is 0 Å². The van der Waals surface area contributed by atoms with Gasteiger partial charge in [0, 0.05) is 6.54 Å². The Morgan fingerprint density at radius 2 is 1.67 bits per heavy atom. The van der Waals surface area contributed by atoms with Crippen LogP contribution in [-0.2, 0) is 9.59 Å². The SMILES string of the molecule is O=C1CN(CC2CCCCC2)CC(=O)N1. The maximum Gasteiger partial charge on any atom is 0.240 e. The van der Waals surface area contributed by atoms with Crippen LogP contribution in [0.25, 0.3) is 0 Å². The normalized spacial score (nSPS) is 25.3. The van der Waals surface area contributed by atoms with Crippen LogP contribution in [0.4, 0.5) is 0 Å². The molecule has 1 saturated heterocycles. The molecule has 1 saturated carbocycles. The molecule has 2 aliphatic rings. The van der Waals surface area contributed by atoms with Crippen LogP contribution < -0.4 is 5.32 Å². The van der Waals surface area contributed by atoms with Crippen molar-refractivity contribution >= 4 is 11.8 Å². The summed E-state index contributed by atoms with van der Waals surface area (Å²) >= 11 is 0. The summed E-state index contributed by atoms with van der Waals surface area (Å²) in [5, 5.41) is 2.33. The molecule has 1 aliphatic heterocycles. The van der Waals surface area contributed by atoms with Crippen molar-refractivity contribution in [3.63, 3.8) is 0 Å². The molecule has 2 fully saturated rings. The Hall–Kier alpha value is -0.900. The maximum absolute atomic E-state index is 11.2. The van der Waals surface area contributed by atoms with Crippen LogP contribution >= 0.6 is 0 Å². The first-order valence-electron chi connectivity index (χ1n) is 5.79. The van der Waals surface area contributed by atoms with Crippen molar-refractivity contribution in [3.8, 4) is 0 Å². The van der Waals surface area contributed by atoms with Crippen LogP contribution in [0.5, 0.6) is 0 Å². The molecule has 4 heteroatoms. The van der Waals surface area contributed by atoms with Gasteiger partial charge in [-0.15, -0.1) is 0 Å². The predicted molar refractivity (Wildman–Crippen MR) is 56.2 cm³/mol. The number of hydrogen-bond donors (Lipinski definition) is 1. The summed E-state index contributed by atoms with van der Waals surface area (Å²) in [5.74, 6) is 0.390. The van der Waals surface area contributed by atoms with E-state index < -0.39 is 0 Å². The monoisotopic (exact) mass is 210 g/mol. The highest BCUT2D eigenvalue weighted by molar-refractivity contribution is 5.99. The maximum atomic E-state index is 11.2. The van der Waals surface area contributed by atoms with Crippen molar-refractivity contribution in [1.29, 1.82) is 0 Å². The zero-order valence-electron chi connectivity index (χ0n) is 9.00. The van der Waals surface area contributed by atoms with Crippen LogP contribution in [0.1, 0.15) is 32.1 Å². The Labute approximate surface area is 90.0 Å². The van der Waals surface area contributed by atoms with E-state index in [1.54, 1.807) is 0 Å². The van der Waals surface area contributed by atoms with Gasteiger partial charge in [-0.2, -0.15) is 0 Å². The van der Waals surface area contributed by atoms with E-state index in [1.165, 1.54) is 32.1 Å². The fraction of sp³-hybridized carbons (Fsp3) is 0.818. The van der Waals surface area contributed by atoms with Gasteiger partial charge in [0.2, 0.25) is 11.8 Å². The fourth-order valence-corrected chi connectivity index (χ4v) is 2.56. The minimum Gasteiger partial charge on any atom is -0.294 e. The molecule has 0 radical (unpaired) electrons. The van der Waals surface area contributed by atoms with Crippen molar-refractivity contribution in [2.45, 2.75) is 32.1 Å². The minimum atomic E-state index is -0.151. The zero-order chi connectivity index (χ0) is 10.7. The molecule has 4 nitrogen and oxygen atoms in total. The van der Waals surface area contributed by atoms with E-state index in [-0.39, 0.29) is 11.8 Å². The fourth-order valence-electron chi connectivity index (χ4n) is 2.56. The second-order valence-electron chi connectivity index (χ2n) is 4.65. The van der Waals surface area contributed by atoms with Crippen molar-refractivity contribution in [2.75, 3.05) is 19.6 Å². The molecule has 15 heavy (non-hydrogen) atoms. The number of piperazine rings is 1. The number of carbonyl (C=O) groups excluding carboxylic acids is 2. The third-order valence-corrected chi connectivity index (χ3v) is 3.25. The van der Waals surface area contributed by atoms with Crippen molar-refractivity contribution in [2.24, 2.45) is 5.92 Å². The number of amides is 2. The molecule has 2 rings (SSSR count). The van der Waals surface area contributed by atoms with Gasteiger partial charge >= 0.3 is 0 Å².